The molecule has 24 heavy (non-hydrogen) atoms. The van der Waals surface area contributed by atoms with Gasteiger partial charge in [0.15, 0.2) is 0 Å². The minimum Gasteiger partial charge on any atom is -0.335 e. The second-order valence-electron chi connectivity index (χ2n) is 6.72. The van der Waals surface area contributed by atoms with E-state index in [1.165, 1.54) is 11.1 Å². The molecular weight excluding hydrogens is 298 g/mol. The summed E-state index contributed by atoms with van der Waals surface area (Å²) in [7, 11) is 4.14. The molecule has 0 aliphatic carbocycles. The van der Waals surface area contributed by atoms with Gasteiger partial charge in [-0.05, 0) is 50.2 Å². The van der Waals surface area contributed by atoms with Crippen LogP contribution in [-0.2, 0) is 17.8 Å². The van der Waals surface area contributed by atoms with Crippen molar-refractivity contribution in [3.8, 4) is 0 Å². The molecule has 4 heteroatoms. The molecule has 1 saturated heterocycles. The maximum Gasteiger partial charge on any atom is 0.229 e. The highest BCUT2D eigenvalue weighted by Crippen LogP contribution is 2.32. The maximum atomic E-state index is 12.7. The van der Waals surface area contributed by atoms with Crippen molar-refractivity contribution in [2.75, 3.05) is 20.6 Å². The van der Waals surface area contributed by atoms with Gasteiger partial charge in [0.1, 0.15) is 0 Å². The summed E-state index contributed by atoms with van der Waals surface area (Å²) in [6, 6.07) is 14.6. The maximum absolute atomic E-state index is 12.7. The van der Waals surface area contributed by atoms with Gasteiger partial charge in [-0.25, -0.2) is 0 Å². The van der Waals surface area contributed by atoms with Crippen LogP contribution in [0.4, 0.5) is 0 Å². The lowest BCUT2D eigenvalue weighted by atomic mass is 10.0. The molecule has 126 valence electrons. The van der Waals surface area contributed by atoms with E-state index in [4.69, 9.17) is 0 Å². The number of amides is 1. The van der Waals surface area contributed by atoms with E-state index in [0.29, 0.717) is 6.42 Å². The lowest BCUT2D eigenvalue weighted by Crippen LogP contribution is -2.32. The molecule has 0 spiro atoms. The minimum absolute atomic E-state index is 0.175. The molecule has 1 fully saturated rings. The van der Waals surface area contributed by atoms with Gasteiger partial charge in [-0.15, -0.1) is 0 Å². The predicted octanol–water partition coefficient (Wildman–Crippen LogP) is 3.05. The zero-order chi connectivity index (χ0) is 16.9. The number of benzene rings is 1. The minimum atomic E-state index is 0.175. The molecule has 1 unspecified atom stereocenters. The third-order valence-electron chi connectivity index (χ3n) is 4.49. The molecule has 2 heterocycles. The van der Waals surface area contributed by atoms with Crippen molar-refractivity contribution in [1.29, 1.82) is 0 Å². The average Bonchev–Trinajstić information content (AvgIpc) is 3.06. The summed E-state index contributed by atoms with van der Waals surface area (Å²) >= 11 is 0. The zero-order valence-corrected chi connectivity index (χ0v) is 14.5. The number of hydrogen-bond acceptors (Lipinski definition) is 3. The molecule has 1 aromatic heterocycles. The van der Waals surface area contributed by atoms with E-state index in [1.54, 1.807) is 6.20 Å². The summed E-state index contributed by atoms with van der Waals surface area (Å²) in [6.45, 7) is 1.78. The fourth-order valence-electron chi connectivity index (χ4n) is 3.38. The van der Waals surface area contributed by atoms with Crippen molar-refractivity contribution >= 4 is 5.91 Å². The molecule has 1 aromatic carbocycles. The van der Waals surface area contributed by atoms with Gasteiger partial charge in [0.05, 0.1) is 12.5 Å². The van der Waals surface area contributed by atoms with Crippen molar-refractivity contribution in [3.05, 3.63) is 65.5 Å². The lowest BCUT2D eigenvalue weighted by Gasteiger charge is -2.25. The first kappa shape index (κ1) is 16.7. The van der Waals surface area contributed by atoms with Crippen LogP contribution in [0, 0.1) is 0 Å². The van der Waals surface area contributed by atoms with Crippen LogP contribution in [0.25, 0.3) is 0 Å². The van der Waals surface area contributed by atoms with Gasteiger partial charge in [-0.3, -0.25) is 9.78 Å². The monoisotopic (exact) mass is 323 g/mol. The number of carbonyl (C=O) groups excluding carboxylic acids is 1. The lowest BCUT2D eigenvalue weighted by molar-refractivity contribution is -0.131. The highest BCUT2D eigenvalue weighted by atomic mass is 16.2. The first-order valence-electron chi connectivity index (χ1n) is 8.56. The van der Waals surface area contributed by atoms with E-state index in [9.17, 15) is 4.79 Å². The topological polar surface area (TPSA) is 36.4 Å². The predicted molar refractivity (Wildman–Crippen MR) is 95.5 cm³/mol. The smallest absolute Gasteiger partial charge is 0.229 e. The highest BCUT2D eigenvalue weighted by Gasteiger charge is 2.29. The molecule has 0 saturated carbocycles. The van der Waals surface area contributed by atoms with E-state index in [-0.39, 0.29) is 11.9 Å². The summed E-state index contributed by atoms with van der Waals surface area (Å²) in [5.74, 6) is 0.175. The van der Waals surface area contributed by atoms with Crippen LogP contribution in [0.2, 0.25) is 0 Å². The van der Waals surface area contributed by atoms with Crippen LogP contribution in [0.1, 0.15) is 35.7 Å². The Morgan fingerprint density at radius 3 is 2.67 bits per heavy atom. The number of nitrogens with zero attached hydrogens (tertiary/aromatic N) is 3. The van der Waals surface area contributed by atoms with Gasteiger partial charge in [-0.1, -0.05) is 30.3 Å². The summed E-state index contributed by atoms with van der Waals surface area (Å²) < 4.78 is 0. The van der Waals surface area contributed by atoms with Crippen molar-refractivity contribution < 1.29 is 4.79 Å². The Bertz CT molecular complexity index is 667. The third-order valence-corrected chi connectivity index (χ3v) is 4.49. The Hall–Kier alpha value is -2.20. The molecule has 1 amide bonds. The van der Waals surface area contributed by atoms with Crippen molar-refractivity contribution in [3.63, 3.8) is 0 Å². The molecule has 1 aliphatic rings. The van der Waals surface area contributed by atoms with Gasteiger partial charge in [0.2, 0.25) is 5.91 Å². The first-order chi connectivity index (χ1) is 11.6. The average molecular weight is 323 g/mol. The molecule has 4 nitrogen and oxygen atoms in total. The third kappa shape index (κ3) is 4.01. The largest absolute Gasteiger partial charge is 0.335 e. The second kappa shape index (κ2) is 7.58. The molecule has 0 bridgehead atoms. The number of pyridine rings is 1. The van der Waals surface area contributed by atoms with Crippen LogP contribution >= 0.6 is 0 Å². The first-order valence-corrected chi connectivity index (χ1v) is 8.56. The standard InChI is InChI=1S/C20H25N3O/c1-22(2)15-16-8-10-17(11-9-16)19-7-5-13-23(19)20(24)14-18-6-3-4-12-21-18/h3-4,6,8-12,19H,5,7,13-15H2,1-2H3. The van der Waals surface area contributed by atoms with Gasteiger partial charge in [0, 0.05) is 25.0 Å². The summed E-state index contributed by atoms with van der Waals surface area (Å²) in [5, 5.41) is 0. The van der Waals surface area contributed by atoms with Crippen LogP contribution < -0.4 is 0 Å². The Morgan fingerprint density at radius 1 is 1.21 bits per heavy atom. The number of carbonyl (C=O) groups is 1. The fourth-order valence-corrected chi connectivity index (χ4v) is 3.38. The summed E-state index contributed by atoms with van der Waals surface area (Å²) in [5.41, 5.74) is 3.38. The quantitative estimate of drug-likeness (QED) is 0.848. The SMILES string of the molecule is CN(C)Cc1ccc(C2CCCN2C(=O)Cc2ccccn2)cc1. The summed E-state index contributed by atoms with van der Waals surface area (Å²) in [4.78, 5) is 21.1. The molecule has 0 N–H and O–H groups in total. The Labute approximate surface area is 144 Å². The van der Waals surface area contributed by atoms with E-state index >= 15 is 0 Å². The van der Waals surface area contributed by atoms with Crippen LogP contribution in [0.3, 0.4) is 0 Å². The van der Waals surface area contributed by atoms with Gasteiger partial charge in [-0.2, -0.15) is 0 Å². The number of likely N-dealkylation sites (tertiary alicyclic amines) is 1. The van der Waals surface area contributed by atoms with E-state index in [1.807, 2.05) is 23.1 Å². The van der Waals surface area contributed by atoms with Crippen LogP contribution in [0.15, 0.2) is 48.7 Å². The van der Waals surface area contributed by atoms with E-state index in [2.05, 4.69) is 48.2 Å². The zero-order valence-electron chi connectivity index (χ0n) is 14.5. The van der Waals surface area contributed by atoms with E-state index < -0.39 is 0 Å². The van der Waals surface area contributed by atoms with Gasteiger partial charge >= 0.3 is 0 Å². The van der Waals surface area contributed by atoms with Crippen molar-refractivity contribution in [1.82, 2.24) is 14.8 Å². The number of rotatable bonds is 5. The van der Waals surface area contributed by atoms with Crippen LogP contribution in [-0.4, -0.2) is 41.3 Å². The highest BCUT2D eigenvalue weighted by molar-refractivity contribution is 5.79. The normalized spacial score (nSPS) is 17.5. The van der Waals surface area contributed by atoms with Crippen molar-refractivity contribution in [2.24, 2.45) is 0 Å². The van der Waals surface area contributed by atoms with Gasteiger partial charge in [0.25, 0.3) is 0 Å². The molecule has 1 aliphatic heterocycles. The van der Waals surface area contributed by atoms with Gasteiger partial charge < -0.3 is 9.80 Å². The van der Waals surface area contributed by atoms with Crippen molar-refractivity contribution in [2.45, 2.75) is 31.8 Å². The molecule has 2 aromatic rings. The van der Waals surface area contributed by atoms with E-state index in [0.717, 1.165) is 31.6 Å². The Balaban J connectivity index is 1.69. The summed E-state index contributed by atoms with van der Waals surface area (Å²) in [6.07, 6.45) is 4.24. The second-order valence-corrected chi connectivity index (χ2v) is 6.72. The Kier molecular flexibility index (Phi) is 5.26. The molecule has 1 atom stereocenters. The number of hydrogen-bond donors (Lipinski definition) is 0. The number of aromatic nitrogens is 1. The van der Waals surface area contributed by atoms with Crippen LogP contribution in [0.5, 0.6) is 0 Å². The molecular formula is C20H25N3O. The molecule has 0 radical (unpaired) electrons. The molecule has 3 rings (SSSR count). The fraction of sp³-hybridized carbons (Fsp3) is 0.400. The Morgan fingerprint density at radius 2 is 2.00 bits per heavy atom.